The third kappa shape index (κ3) is 6.04. The van der Waals surface area contributed by atoms with Crippen LogP contribution in [0.15, 0.2) is 12.2 Å². The van der Waals surface area contributed by atoms with Crippen LogP contribution in [0.2, 0.25) is 0 Å². The van der Waals surface area contributed by atoms with Crippen LogP contribution >= 0.6 is 11.8 Å². The highest BCUT2D eigenvalue weighted by atomic mass is 32.2. The van der Waals surface area contributed by atoms with Gasteiger partial charge in [-0.05, 0) is 18.8 Å². The summed E-state index contributed by atoms with van der Waals surface area (Å²) in [6.45, 7) is 0. The van der Waals surface area contributed by atoms with Crippen molar-refractivity contribution in [3.05, 3.63) is 12.2 Å². The second-order valence-corrected chi connectivity index (χ2v) is 2.86. The second-order valence-electron chi connectivity index (χ2n) is 1.94. The molecule has 0 aliphatic rings. The summed E-state index contributed by atoms with van der Waals surface area (Å²) >= 11 is 1.56. The van der Waals surface area contributed by atoms with Crippen molar-refractivity contribution in [1.29, 1.82) is 0 Å². The summed E-state index contributed by atoms with van der Waals surface area (Å²) in [6.07, 6.45) is 1.39. The summed E-state index contributed by atoms with van der Waals surface area (Å²) in [5, 5.41) is 0. The standard InChI is InChI=1S/C6H11F2NS/c1-10-4-5(9)2-3-6(7)8/h3,5H,2,4,9H2,1H3. The number of hydrogen-bond acceptors (Lipinski definition) is 2. The maximum atomic E-state index is 11.4. The molecule has 0 rings (SSSR count). The first-order valence-electron chi connectivity index (χ1n) is 2.92. The van der Waals surface area contributed by atoms with E-state index in [0.717, 1.165) is 11.8 Å². The van der Waals surface area contributed by atoms with Gasteiger partial charge in [0.2, 0.25) is 0 Å². The van der Waals surface area contributed by atoms with Crippen LogP contribution in [0.4, 0.5) is 8.78 Å². The van der Waals surface area contributed by atoms with Crippen molar-refractivity contribution in [2.24, 2.45) is 5.73 Å². The first-order valence-corrected chi connectivity index (χ1v) is 4.32. The van der Waals surface area contributed by atoms with Crippen LogP contribution in [0, 0.1) is 0 Å². The van der Waals surface area contributed by atoms with E-state index < -0.39 is 6.08 Å². The highest BCUT2D eigenvalue weighted by Crippen LogP contribution is 2.03. The number of rotatable bonds is 4. The van der Waals surface area contributed by atoms with E-state index >= 15 is 0 Å². The Balaban J connectivity index is 3.38. The third-order valence-corrected chi connectivity index (χ3v) is 1.72. The van der Waals surface area contributed by atoms with E-state index in [0.29, 0.717) is 0 Å². The van der Waals surface area contributed by atoms with E-state index in [9.17, 15) is 8.78 Å². The van der Waals surface area contributed by atoms with Crippen molar-refractivity contribution in [1.82, 2.24) is 0 Å². The van der Waals surface area contributed by atoms with E-state index in [1.54, 1.807) is 11.8 Å². The van der Waals surface area contributed by atoms with Crippen LogP contribution in [0.1, 0.15) is 6.42 Å². The molecule has 1 unspecified atom stereocenters. The lowest BCUT2D eigenvalue weighted by Crippen LogP contribution is -2.21. The topological polar surface area (TPSA) is 26.0 Å². The Morgan fingerprint density at radius 1 is 1.70 bits per heavy atom. The SMILES string of the molecule is CSCC(N)CC=C(F)F. The van der Waals surface area contributed by atoms with Gasteiger partial charge in [0, 0.05) is 11.8 Å². The van der Waals surface area contributed by atoms with Gasteiger partial charge in [-0.2, -0.15) is 20.5 Å². The van der Waals surface area contributed by atoms with Gasteiger partial charge in [0.05, 0.1) is 0 Å². The van der Waals surface area contributed by atoms with Gasteiger partial charge in [-0.25, -0.2) is 0 Å². The summed E-state index contributed by atoms with van der Waals surface area (Å²) < 4.78 is 22.9. The highest BCUT2D eigenvalue weighted by molar-refractivity contribution is 7.98. The fraction of sp³-hybridized carbons (Fsp3) is 0.667. The quantitative estimate of drug-likeness (QED) is 0.691. The largest absolute Gasteiger partial charge is 0.327 e. The molecule has 0 aromatic carbocycles. The van der Waals surface area contributed by atoms with Crippen LogP contribution in [0.5, 0.6) is 0 Å². The molecule has 2 N–H and O–H groups in total. The summed E-state index contributed by atoms with van der Waals surface area (Å²) in [4.78, 5) is 0. The highest BCUT2D eigenvalue weighted by Gasteiger charge is 1.98. The molecule has 4 heteroatoms. The van der Waals surface area contributed by atoms with Gasteiger partial charge in [-0.15, -0.1) is 0 Å². The zero-order valence-electron chi connectivity index (χ0n) is 5.81. The summed E-state index contributed by atoms with van der Waals surface area (Å²) in [5.74, 6) is 0.726. The van der Waals surface area contributed by atoms with Crippen molar-refractivity contribution in [2.45, 2.75) is 12.5 Å². The maximum absolute atomic E-state index is 11.4. The normalized spacial score (nSPS) is 12.8. The lowest BCUT2D eigenvalue weighted by atomic mass is 10.2. The molecule has 0 heterocycles. The number of nitrogens with two attached hydrogens (primary N) is 1. The van der Waals surface area contributed by atoms with Crippen LogP contribution in [0.3, 0.4) is 0 Å². The molecular formula is C6H11F2NS. The number of halogens is 2. The molecule has 10 heavy (non-hydrogen) atoms. The Labute approximate surface area is 63.7 Å². The van der Waals surface area contributed by atoms with Crippen molar-refractivity contribution < 1.29 is 8.78 Å². The molecule has 1 atom stereocenters. The molecule has 1 nitrogen and oxygen atoms in total. The van der Waals surface area contributed by atoms with E-state index in [4.69, 9.17) is 5.73 Å². The Kier molecular flexibility index (Phi) is 5.63. The van der Waals surface area contributed by atoms with Crippen LogP contribution in [0.25, 0.3) is 0 Å². The Morgan fingerprint density at radius 3 is 2.70 bits per heavy atom. The second kappa shape index (κ2) is 5.68. The maximum Gasteiger partial charge on any atom is 0.266 e. The predicted octanol–water partition coefficient (Wildman–Crippen LogP) is 1.85. The molecular weight excluding hydrogens is 156 g/mol. The molecule has 0 amide bonds. The van der Waals surface area contributed by atoms with Gasteiger partial charge >= 0.3 is 0 Å². The Morgan fingerprint density at radius 2 is 2.30 bits per heavy atom. The molecule has 0 saturated carbocycles. The number of thioether (sulfide) groups is 1. The molecule has 0 saturated heterocycles. The van der Waals surface area contributed by atoms with Gasteiger partial charge in [-0.3, -0.25) is 0 Å². The molecule has 0 radical (unpaired) electrons. The molecule has 0 spiro atoms. The smallest absolute Gasteiger partial charge is 0.266 e. The fourth-order valence-corrected chi connectivity index (χ4v) is 1.09. The summed E-state index contributed by atoms with van der Waals surface area (Å²) in [5.41, 5.74) is 5.43. The average Bonchev–Trinajstić information content (AvgIpc) is 1.85. The third-order valence-electron chi connectivity index (χ3n) is 0.956. The Bertz CT molecular complexity index is 112. The van der Waals surface area contributed by atoms with E-state index in [2.05, 4.69) is 0 Å². The first kappa shape index (κ1) is 9.91. The minimum Gasteiger partial charge on any atom is -0.327 e. The van der Waals surface area contributed by atoms with Crippen molar-refractivity contribution in [2.75, 3.05) is 12.0 Å². The summed E-state index contributed by atoms with van der Waals surface area (Å²) in [6, 6.07) is -0.142. The zero-order chi connectivity index (χ0) is 7.98. The van der Waals surface area contributed by atoms with Crippen LogP contribution in [-0.2, 0) is 0 Å². The zero-order valence-corrected chi connectivity index (χ0v) is 6.63. The predicted molar refractivity (Wildman–Crippen MR) is 41.3 cm³/mol. The van der Waals surface area contributed by atoms with Gasteiger partial charge in [0.15, 0.2) is 0 Å². The molecule has 0 aromatic rings. The average molecular weight is 167 g/mol. The van der Waals surface area contributed by atoms with Gasteiger partial charge in [0.25, 0.3) is 6.08 Å². The van der Waals surface area contributed by atoms with Crippen molar-refractivity contribution in [3.63, 3.8) is 0 Å². The lowest BCUT2D eigenvalue weighted by molar-refractivity contribution is 0.416. The van der Waals surface area contributed by atoms with Crippen LogP contribution in [-0.4, -0.2) is 18.1 Å². The number of hydrogen-bond donors (Lipinski definition) is 1. The van der Waals surface area contributed by atoms with Gasteiger partial charge in [-0.1, -0.05) is 0 Å². The molecule has 0 aliphatic heterocycles. The van der Waals surface area contributed by atoms with Gasteiger partial charge < -0.3 is 5.73 Å². The monoisotopic (exact) mass is 167 g/mol. The molecule has 0 aromatic heterocycles. The van der Waals surface area contributed by atoms with E-state index in [-0.39, 0.29) is 12.5 Å². The van der Waals surface area contributed by atoms with Gasteiger partial charge in [0.1, 0.15) is 0 Å². The Hall–Kier alpha value is -0.0900. The van der Waals surface area contributed by atoms with Crippen LogP contribution < -0.4 is 5.73 Å². The van der Waals surface area contributed by atoms with Crippen molar-refractivity contribution >= 4 is 11.8 Å². The molecule has 60 valence electrons. The fourth-order valence-electron chi connectivity index (χ4n) is 0.523. The van der Waals surface area contributed by atoms with E-state index in [1.165, 1.54) is 0 Å². The van der Waals surface area contributed by atoms with E-state index in [1.807, 2.05) is 6.26 Å². The first-order chi connectivity index (χ1) is 4.66. The molecule has 0 aliphatic carbocycles. The molecule has 0 bridgehead atoms. The minimum absolute atomic E-state index is 0.142. The minimum atomic E-state index is -1.64. The lowest BCUT2D eigenvalue weighted by Gasteiger charge is -2.04. The van der Waals surface area contributed by atoms with Crippen molar-refractivity contribution in [3.8, 4) is 0 Å². The molecule has 0 fully saturated rings. The summed E-state index contributed by atoms with van der Waals surface area (Å²) in [7, 11) is 0.